The van der Waals surface area contributed by atoms with Crippen LogP contribution in [0.1, 0.15) is 95.6 Å². The maximum absolute atomic E-state index is 6.24. The van der Waals surface area contributed by atoms with Gasteiger partial charge in [-0.15, -0.1) is 0 Å². The van der Waals surface area contributed by atoms with E-state index in [4.69, 9.17) is 9.47 Å². The van der Waals surface area contributed by atoms with E-state index in [-0.39, 0.29) is 0 Å². The number of benzene rings is 1. The summed E-state index contributed by atoms with van der Waals surface area (Å²) in [6, 6.07) is 6.88. The largest absolute Gasteiger partial charge is 0.494 e. The lowest BCUT2D eigenvalue weighted by Crippen LogP contribution is -2.37. The standard InChI is InChI=1S/C28H44O2/c1-3-5-6-16-30-28-14-12-24-18-22(8-10-26(24)20-28)21-7-9-25-19-27(29-15-4-2)13-11-23(25)17-21/h11,13,19,21-22,24,26,28H,3-10,12,14-18,20H2,1-2H3. The quantitative estimate of drug-likeness (QED) is 0.394. The fourth-order valence-corrected chi connectivity index (χ4v) is 6.54. The second kappa shape index (κ2) is 11.0. The number of hydrogen-bond acceptors (Lipinski definition) is 2. The summed E-state index contributed by atoms with van der Waals surface area (Å²) in [5, 5.41) is 0. The van der Waals surface area contributed by atoms with Crippen molar-refractivity contribution in [1.82, 2.24) is 0 Å². The summed E-state index contributed by atoms with van der Waals surface area (Å²) in [7, 11) is 0. The van der Waals surface area contributed by atoms with Gasteiger partial charge in [-0.1, -0.05) is 32.8 Å². The zero-order valence-electron chi connectivity index (χ0n) is 19.5. The highest BCUT2D eigenvalue weighted by molar-refractivity contribution is 5.37. The molecule has 0 saturated heterocycles. The van der Waals surface area contributed by atoms with Crippen LogP contribution in [0.4, 0.5) is 0 Å². The Hall–Kier alpha value is -1.02. The summed E-state index contributed by atoms with van der Waals surface area (Å²) in [5.74, 6) is 4.86. The average molecular weight is 413 g/mol. The maximum Gasteiger partial charge on any atom is 0.119 e. The van der Waals surface area contributed by atoms with Crippen molar-refractivity contribution in [2.75, 3.05) is 13.2 Å². The van der Waals surface area contributed by atoms with Crippen LogP contribution in [0.5, 0.6) is 5.75 Å². The Morgan fingerprint density at radius 1 is 0.767 bits per heavy atom. The topological polar surface area (TPSA) is 18.5 Å². The van der Waals surface area contributed by atoms with Gasteiger partial charge in [0.2, 0.25) is 0 Å². The molecule has 0 amide bonds. The van der Waals surface area contributed by atoms with E-state index in [1.807, 2.05) is 0 Å². The molecule has 2 nitrogen and oxygen atoms in total. The first-order valence-electron chi connectivity index (χ1n) is 13.1. The van der Waals surface area contributed by atoms with Crippen LogP contribution in [0.3, 0.4) is 0 Å². The van der Waals surface area contributed by atoms with Crippen molar-refractivity contribution in [3.63, 3.8) is 0 Å². The van der Waals surface area contributed by atoms with Gasteiger partial charge in [0.15, 0.2) is 0 Å². The third-order valence-corrected chi connectivity index (χ3v) is 8.29. The maximum atomic E-state index is 6.24. The highest BCUT2D eigenvalue weighted by atomic mass is 16.5. The smallest absolute Gasteiger partial charge is 0.119 e. The fourth-order valence-electron chi connectivity index (χ4n) is 6.54. The van der Waals surface area contributed by atoms with Crippen LogP contribution in [0.15, 0.2) is 18.2 Å². The van der Waals surface area contributed by atoms with Gasteiger partial charge >= 0.3 is 0 Å². The van der Waals surface area contributed by atoms with Gasteiger partial charge in [-0.2, -0.15) is 0 Å². The third kappa shape index (κ3) is 5.61. The molecule has 1 aromatic carbocycles. The van der Waals surface area contributed by atoms with E-state index in [9.17, 15) is 0 Å². The number of unbranched alkanes of at least 4 members (excludes halogenated alkanes) is 2. The number of fused-ring (bicyclic) bond motifs is 2. The normalized spacial score (nSPS) is 31.1. The summed E-state index contributed by atoms with van der Waals surface area (Å²) >= 11 is 0. The Labute approximate surface area is 185 Å². The van der Waals surface area contributed by atoms with Crippen LogP contribution in [-0.2, 0) is 17.6 Å². The molecule has 0 aliphatic heterocycles. The monoisotopic (exact) mass is 412 g/mol. The van der Waals surface area contributed by atoms with Gasteiger partial charge in [0.1, 0.15) is 5.75 Å². The van der Waals surface area contributed by atoms with Crippen molar-refractivity contribution < 1.29 is 9.47 Å². The highest BCUT2D eigenvalue weighted by Crippen LogP contribution is 2.47. The Bertz CT molecular complexity index is 654. The Balaban J connectivity index is 1.26. The lowest BCUT2D eigenvalue weighted by atomic mass is 9.62. The van der Waals surface area contributed by atoms with Crippen molar-refractivity contribution in [2.24, 2.45) is 23.7 Å². The first kappa shape index (κ1) is 22.2. The molecule has 2 saturated carbocycles. The minimum absolute atomic E-state index is 0.560. The number of aryl methyl sites for hydroxylation is 1. The van der Waals surface area contributed by atoms with E-state index in [1.54, 1.807) is 11.1 Å². The molecule has 5 atom stereocenters. The van der Waals surface area contributed by atoms with Crippen molar-refractivity contribution in [1.29, 1.82) is 0 Å². The predicted octanol–water partition coefficient (Wildman–Crippen LogP) is 7.37. The average Bonchev–Trinajstić information content (AvgIpc) is 2.79. The lowest BCUT2D eigenvalue weighted by Gasteiger charge is -2.45. The van der Waals surface area contributed by atoms with Gasteiger partial charge < -0.3 is 9.47 Å². The molecule has 3 aliphatic rings. The zero-order chi connectivity index (χ0) is 20.8. The van der Waals surface area contributed by atoms with Gasteiger partial charge in [-0.3, -0.25) is 0 Å². The van der Waals surface area contributed by atoms with Gasteiger partial charge in [-0.25, -0.2) is 0 Å². The van der Waals surface area contributed by atoms with Crippen LogP contribution in [-0.4, -0.2) is 19.3 Å². The summed E-state index contributed by atoms with van der Waals surface area (Å²) in [5.41, 5.74) is 3.15. The number of hydrogen-bond donors (Lipinski definition) is 0. The minimum Gasteiger partial charge on any atom is -0.494 e. The summed E-state index contributed by atoms with van der Waals surface area (Å²) in [6.45, 7) is 6.26. The number of ether oxygens (including phenoxy) is 2. The van der Waals surface area contributed by atoms with Gasteiger partial charge in [0, 0.05) is 6.61 Å². The molecule has 168 valence electrons. The van der Waals surface area contributed by atoms with E-state index < -0.39 is 0 Å². The first-order valence-corrected chi connectivity index (χ1v) is 13.1. The SMILES string of the molecule is CCCCCOC1CCC2CC(C3CCc4cc(OCCC)ccc4C3)CCC2C1. The highest BCUT2D eigenvalue weighted by Gasteiger charge is 2.38. The van der Waals surface area contributed by atoms with Crippen LogP contribution in [0.25, 0.3) is 0 Å². The van der Waals surface area contributed by atoms with E-state index in [2.05, 4.69) is 32.0 Å². The van der Waals surface area contributed by atoms with E-state index >= 15 is 0 Å². The molecule has 2 fully saturated rings. The van der Waals surface area contributed by atoms with Crippen LogP contribution in [0, 0.1) is 23.7 Å². The van der Waals surface area contributed by atoms with Crippen molar-refractivity contribution in [3.8, 4) is 5.75 Å². The molecule has 2 heteroatoms. The third-order valence-electron chi connectivity index (χ3n) is 8.29. The second-order valence-corrected chi connectivity index (χ2v) is 10.4. The van der Waals surface area contributed by atoms with Crippen LogP contribution < -0.4 is 4.74 Å². The van der Waals surface area contributed by atoms with Crippen molar-refractivity contribution in [2.45, 2.75) is 103 Å². The first-order chi connectivity index (χ1) is 14.8. The predicted molar refractivity (Wildman–Crippen MR) is 125 cm³/mol. The number of rotatable bonds is 9. The van der Waals surface area contributed by atoms with E-state index in [1.165, 1.54) is 77.0 Å². The van der Waals surface area contributed by atoms with Crippen molar-refractivity contribution >= 4 is 0 Å². The summed E-state index contributed by atoms with van der Waals surface area (Å²) < 4.78 is 12.1. The Morgan fingerprint density at radius 3 is 2.40 bits per heavy atom. The molecule has 3 aliphatic carbocycles. The molecule has 5 unspecified atom stereocenters. The fraction of sp³-hybridized carbons (Fsp3) is 0.786. The molecule has 0 radical (unpaired) electrons. The Kier molecular flexibility index (Phi) is 8.15. The van der Waals surface area contributed by atoms with E-state index in [0.29, 0.717) is 6.10 Å². The summed E-state index contributed by atoms with van der Waals surface area (Å²) in [4.78, 5) is 0. The minimum atomic E-state index is 0.560. The molecular formula is C28H44O2. The zero-order valence-corrected chi connectivity index (χ0v) is 19.5. The molecule has 0 bridgehead atoms. The molecular weight excluding hydrogens is 368 g/mol. The molecule has 0 aromatic heterocycles. The molecule has 30 heavy (non-hydrogen) atoms. The van der Waals surface area contributed by atoms with Crippen LogP contribution in [0.2, 0.25) is 0 Å². The van der Waals surface area contributed by atoms with E-state index in [0.717, 1.165) is 49.1 Å². The molecule has 0 N–H and O–H groups in total. The van der Waals surface area contributed by atoms with Gasteiger partial charge in [-0.05, 0) is 118 Å². The molecule has 1 aromatic rings. The summed E-state index contributed by atoms with van der Waals surface area (Å²) in [6.07, 6.45) is 17.9. The molecule has 0 heterocycles. The molecule has 0 spiro atoms. The molecule has 4 rings (SSSR count). The Morgan fingerprint density at radius 2 is 1.57 bits per heavy atom. The van der Waals surface area contributed by atoms with Gasteiger partial charge in [0.25, 0.3) is 0 Å². The van der Waals surface area contributed by atoms with Crippen LogP contribution >= 0.6 is 0 Å². The second-order valence-electron chi connectivity index (χ2n) is 10.4. The van der Waals surface area contributed by atoms with Crippen molar-refractivity contribution in [3.05, 3.63) is 29.3 Å². The van der Waals surface area contributed by atoms with Gasteiger partial charge in [0.05, 0.1) is 12.7 Å². The lowest BCUT2D eigenvalue weighted by molar-refractivity contribution is -0.0249.